The number of ether oxygens (including phenoxy) is 2. The Kier molecular flexibility index (Phi) is 5.29. The molecule has 116 valence electrons. The van der Waals surface area contributed by atoms with Gasteiger partial charge in [0, 0.05) is 5.54 Å². The third kappa shape index (κ3) is 5.06. The van der Waals surface area contributed by atoms with Crippen LogP contribution in [0.1, 0.15) is 38.1 Å². The molecule has 0 fully saturated rings. The molecule has 1 aromatic rings. The van der Waals surface area contributed by atoms with Gasteiger partial charge in [-0.25, -0.2) is 9.18 Å². The van der Waals surface area contributed by atoms with Gasteiger partial charge in [0.05, 0.1) is 12.7 Å². The molecule has 5 nitrogen and oxygen atoms in total. The highest BCUT2D eigenvalue weighted by Gasteiger charge is 2.23. The molecule has 1 rings (SSSR count). The number of carbonyl (C=O) groups is 2. The number of hydrogen-bond acceptors (Lipinski definition) is 4. The molecular weight excluding hydrogens is 277 g/mol. The van der Waals surface area contributed by atoms with Gasteiger partial charge in [-0.3, -0.25) is 4.79 Å². The number of rotatable bonds is 4. The average Bonchev–Trinajstić information content (AvgIpc) is 2.36. The van der Waals surface area contributed by atoms with Crippen LogP contribution in [0.25, 0.3) is 0 Å². The summed E-state index contributed by atoms with van der Waals surface area (Å²) in [5, 5.41) is 2.70. The van der Waals surface area contributed by atoms with Crippen molar-refractivity contribution in [2.75, 3.05) is 7.11 Å². The molecule has 0 aliphatic heterocycles. The molecule has 1 atom stereocenters. The number of benzene rings is 1. The first-order valence-corrected chi connectivity index (χ1v) is 6.50. The second-order valence-electron chi connectivity index (χ2n) is 5.64. The third-order valence-electron chi connectivity index (χ3n) is 2.54. The van der Waals surface area contributed by atoms with Crippen molar-refractivity contribution in [2.24, 2.45) is 0 Å². The van der Waals surface area contributed by atoms with E-state index in [0.29, 0.717) is 0 Å². The van der Waals surface area contributed by atoms with Crippen molar-refractivity contribution in [3.05, 3.63) is 29.6 Å². The number of nitrogens with one attached hydrogen (secondary N) is 1. The predicted octanol–water partition coefficient (Wildman–Crippen LogP) is 2.29. The molecule has 0 bridgehead atoms. The molecule has 0 heterocycles. The average molecular weight is 297 g/mol. The lowest BCUT2D eigenvalue weighted by atomic mass is 10.1. The number of esters is 1. The smallest absolute Gasteiger partial charge is 0.339 e. The quantitative estimate of drug-likeness (QED) is 0.866. The fourth-order valence-corrected chi connectivity index (χ4v) is 1.55. The molecule has 1 aromatic carbocycles. The Morgan fingerprint density at radius 2 is 1.90 bits per heavy atom. The van der Waals surface area contributed by atoms with E-state index in [1.807, 2.05) is 20.8 Å². The highest BCUT2D eigenvalue weighted by molar-refractivity contribution is 5.92. The van der Waals surface area contributed by atoms with Crippen molar-refractivity contribution in [1.82, 2.24) is 5.32 Å². The van der Waals surface area contributed by atoms with Gasteiger partial charge in [0.2, 0.25) is 0 Å². The molecule has 21 heavy (non-hydrogen) atoms. The summed E-state index contributed by atoms with van der Waals surface area (Å²) in [6, 6.07) is 3.71. The van der Waals surface area contributed by atoms with Crippen LogP contribution in [0.2, 0.25) is 0 Å². The van der Waals surface area contributed by atoms with E-state index in [-0.39, 0.29) is 11.3 Å². The van der Waals surface area contributed by atoms with Crippen LogP contribution in [0.4, 0.5) is 4.39 Å². The topological polar surface area (TPSA) is 64.6 Å². The maximum absolute atomic E-state index is 13.5. The second kappa shape index (κ2) is 6.56. The van der Waals surface area contributed by atoms with E-state index >= 15 is 0 Å². The monoisotopic (exact) mass is 297 g/mol. The van der Waals surface area contributed by atoms with Crippen LogP contribution in [0.15, 0.2) is 18.2 Å². The highest BCUT2D eigenvalue weighted by Crippen LogP contribution is 2.18. The second-order valence-corrected chi connectivity index (χ2v) is 5.64. The zero-order valence-corrected chi connectivity index (χ0v) is 12.8. The summed E-state index contributed by atoms with van der Waals surface area (Å²) in [4.78, 5) is 23.7. The first kappa shape index (κ1) is 16.9. The van der Waals surface area contributed by atoms with Crippen LogP contribution in [0, 0.1) is 5.82 Å². The Labute approximate surface area is 123 Å². The SMILES string of the molecule is COc1ccc(C(=O)O[C@@H](C)C(=O)NC(C)(C)C)cc1F. The maximum Gasteiger partial charge on any atom is 0.339 e. The largest absolute Gasteiger partial charge is 0.494 e. The summed E-state index contributed by atoms with van der Waals surface area (Å²) in [7, 11) is 1.33. The van der Waals surface area contributed by atoms with Gasteiger partial charge < -0.3 is 14.8 Å². The van der Waals surface area contributed by atoms with E-state index in [1.165, 1.54) is 26.2 Å². The van der Waals surface area contributed by atoms with Crippen LogP contribution < -0.4 is 10.1 Å². The molecule has 0 saturated heterocycles. The maximum atomic E-state index is 13.5. The fraction of sp³-hybridized carbons (Fsp3) is 0.467. The Morgan fingerprint density at radius 3 is 2.38 bits per heavy atom. The van der Waals surface area contributed by atoms with Crippen LogP contribution in [0.5, 0.6) is 5.75 Å². The lowest BCUT2D eigenvalue weighted by molar-refractivity contribution is -0.130. The molecule has 1 amide bonds. The number of amides is 1. The summed E-state index contributed by atoms with van der Waals surface area (Å²) in [6.45, 7) is 6.91. The van der Waals surface area contributed by atoms with Gasteiger partial charge >= 0.3 is 5.97 Å². The van der Waals surface area contributed by atoms with Crippen LogP contribution in [-0.4, -0.2) is 30.6 Å². The van der Waals surface area contributed by atoms with E-state index in [4.69, 9.17) is 9.47 Å². The van der Waals surface area contributed by atoms with E-state index in [1.54, 1.807) is 0 Å². The standard InChI is InChI=1S/C15H20FNO4/c1-9(13(18)17-15(2,3)4)21-14(19)10-6-7-12(20-5)11(16)8-10/h6-9H,1-5H3,(H,17,18)/t9-/m0/s1. The van der Waals surface area contributed by atoms with Crippen molar-refractivity contribution in [3.8, 4) is 5.75 Å². The normalized spacial score (nSPS) is 12.5. The van der Waals surface area contributed by atoms with E-state index < -0.39 is 29.3 Å². The molecule has 0 unspecified atom stereocenters. The number of carbonyl (C=O) groups excluding carboxylic acids is 2. The lowest BCUT2D eigenvalue weighted by Crippen LogP contribution is -2.46. The molecule has 0 aliphatic rings. The Balaban J connectivity index is 2.72. The van der Waals surface area contributed by atoms with Gasteiger partial charge in [-0.15, -0.1) is 0 Å². The van der Waals surface area contributed by atoms with Crippen molar-refractivity contribution < 1.29 is 23.5 Å². The van der Waals surface area contributed by atoms with E-state index in [0.717, 1.165) is 6.07 Å². The first-order valence-electron chi connectivity index (χ1n) is 6.50. The van der Waals surface area contributed by atoms with Crippen LogP contribution in [-0.2, 0) is 9.53 Å². The summed E-state index contributed by atoms with van der Waals surface area (Å²) < 4.78 is 23.3. The van der Waals surface area contributed by atoms with E-state index in [9.17, 15) is 14.0 Å². The predicted molar refractivity (Wildman–Crippen MR) is 75.7 cm³/mol. The minimum absolute atomic E-state index is 0.0173. The summed E-state index contributed by atoms with van der Waals surface area (Å²) in [5.74, 6) is -1.82. The van der Waals surface area contributed by atoms with Crippen LogP contribution >= 0.6 is 0 Å². The minimum Gasteiger partial charge on any atom is -0.494 e. The fourth-order valence-electron chi connectivity index (χ4n) is 1.55. The first-order chi connectivity index (χ1) is 9.64. The highest BCUT2D eigenvalue weighted by atomic mass is 19.1. The van der Waals surface area contributed by atoms with Gasteiger partial charge in [0.15, 0.2) is 17.7 Å². The zero-order chi connectivity index (χ0) is 16.2. The van der Waals surface area contributed by atoms with Crippen molar-refractivity contribution in [3.63, 3.8) is 0 Å². The number of methoxy groups -OCH3 is 1. The van der Waals surface area contributed by atoms with Gasteiger partial charge in [0.1, 0.15) is 0 Å². The van der Waals surface area contributed by atoms with Crippen molar-refractivity contribution in [1.29, 1.82) is 0 Å². The summed E-state index contributed by atoms with van der Waals surface area (Å²) in [5.41, 5.74) is -0.409. The zero-order valence-electron chi connectivity index (χ0n) is 12.8. The third-order valence-corrected chi connectivity index (χ3v) is 2.54. The van der Waals surface area contributed by atoms with Gasteiger partial charge in [0.25, 0.3) is 5.91 Å². The number of halogens is 1. The van der Waals surface area contributed by atoms with Crippen molar-refractivity contribution >= 4 is 11.9 Å². The molecule has 6 heteroatoms. The van der Waals surface area contributed by atoms with E-state index in [2.05, 4.69) is 5.32 Å². The molecule has 0 aromatic heterocycles. The molecule has 0 spiro atoms. The van der Waals surface area contributed by atoms with Gasteiger partial charge in [-0.2, -0.15) is 0 Å². The molecule has 0 radical (unpaired) electrons. The van der Waals surface area contributed by atoms with Crippen molar-refractivity contribution in [2.45, 2.75) is 39.3 Å². The molecule has 0 saturated carbocycles. The Bertz CT molecular complexity index is 537. The van der Waals surface area contributed by atoms with Crippen LogP contribution in [0.3, 0.4) is 0 Å². The summed E-state index contributed by atoms with van der Waals surface area (Å²) in [6.07, 6.45) is -0.970. The Morgan fingerprint density at radius 1 is 1.29 bits per heavy atom. The van der Waals surface area contributed by atoms with Gasteiger partial charge in [-0.05, 0) is 45.9 Å². The van der Waals surface area contributed by atoms with Gasteiger partial charge in [-0.1, -0.05) is 0 Å². The molecule has 0 aliphatic carbocycles. The Hall–Kier alpha value is -2.11. The lowest BCUT2D eigenvalue weighted by Gasteiger charge is -2.23. The minimum atomic E-state index is -0.970. The molecule has 1 N–H and O–H groups in total. The number of hydrogen-bond donors (Lipinski definition) is 1. The summed E-state index contributed by atoms with van der Waals surface area (Å²) >= 11 is 0. The molecular formula is C15H20FNO4.